The largest absolute Gasteiger partial charge is 0.493 e. The molecule has 0 saturated carbocycles. The van der Waals surface area contributed by atoms with Crippen molar-refractivity contribution in [1.82, 2.24) is 10.3 Å². The number of carbonyl (C=O) groups is 3. The second kappa shape index (κ2) is 12.5. The van der Waals surface area contributed by atoms with Crippen LogP contribution in [0.3, 0.4) is 0 Å². The molecule has 1 aromatic heterocycles. The Morgan fingerprint density at radius 2 is 1.75 bits per heavy atom. The average Bonchev–Trinajstić information content (AvgIpc) is 2.84. The smallest absolute Gasteiger partial charge is 0.325 e. The van der Waals surface area contributed by atoms with Crippen LogP contribution in [0.2, 0.25) is 0 Å². The van der Waals surface area contributed by atoms with Gasteiger partial charge in [0.05, 0.1) is 7.11 Å². The second-order valence-electron chi connectivity index (χ2n) is 8.40. The molecule has 3 rings (SSSR count). The molecular weight excluding hydrogens is 460 g/mol. The molecule has 36 heavy (non-hydrogen) atoms. The molecule has 0 radical (unpaired) electrons. The van der Waals surface area contributed by atoms with Gasteiger partial charge in [-0.05, 0) is 30.5 Å². The fourth-order valence-corrected chi connectivity index (χ4v) is 3.81. The summed E-state index contributed by atoms with van der Waals surface area (Å²) in [4.78, 5) is 40.9. The highest BCUT2D eigenvalue weighted by atomic mass is 16.6. The lowest BCUT2D eigenvalue weighted by atomic mass is 9.97. The van der Waals surface area contributed by atoms with Crippen molar-refractivity contribution in [3.8, 4) is 11.5 Å². The number of ether oxygens (including phenoxy) is 3. The first kappa shape index (κ1) is 26.4. The summed E-state index contributed by atoms with van der Waals surface area (Å²) in [5, 5.41) is 2.49. The monoisotopic (exact) mass is 490 g/mol. The number of nitrogens with zero attached hydrogens (tertiary/aromatic N) is 1. The Bertz CT molecular complexity index is 1230. The molecule has 1 atom stereocenters. The normalized spacial score (nSPS) is 11.3. The summed E-state index contributed by atoms with van der Waals surface area (Å²) in [5.74, 6) is -1.87. The van der Waals surface area contributed by atoms with E-state index in [0.717, 1.165) is 22.3 Å². The first-order valence-corrected chi connectivity index (χ1v) is 11.6. The van der Waals surface area contributed by atoms with Gasteiger partial charge in [-0.1, -0.05) is 54.1 Å². The maximum Gasteiger partial charge on any atom is 0.325 e. The minimum absolute atomic E-state index is 0.116. The van der Waals surface area contributed by atoms with Crippen LogP contribution in [0, 0.1) is 13.8 Å². The van der Waals surface area contributed by atoms with Gasteiger partial charge in [-0.2, -0.15) is 0 Å². The first-order chi connectivity index (χ1) is 17.3. The molecule has 0 aliphatic rings. The summed E-state index contributed by atoms with van der Waals surface area (Å²) in [6.07, 6.45) is 1.99. The van der Waals surface area contributed by atoms with E-state index in [1.165, 1.54) is 26.3 Å². The Morgan fingerprint density at radius 1 is 1.00 bits per heavy atom. The van der Waals surface area contributed by atoms with E-state index in [1.54, 1.807) is 0 Å². The minimum atomic E-state index is -0.698. The van der Waals surface area contributed by atoms with Gasteiger partial charge in [-0.25, -0.2) is 4.98 Å². The summed E-state index contributed by atoms with van der Waals surface area (Å²) >= 11 is 0. The van der Waals surface area contributed by atoms with Crippen molar-refractivity contribution in [1.29, 1.82) is 0 Å². The van der Waals surface area contributed by atoms with Crippen LogP contribution in [-0.4, -0.2) is 42.6 Å². The predicted octanol–water partition coefficient (Wildman–Crippen LogP) is 3.76. The van der Waals surface area contributed by atoms with E-state index < -0.39 is 23.9 Å². The standard InChI is InChI=1S/C28H30N2O6/c1-18-10-11-22(19(2)14-18)16-23(15-21-8-6-5-7-9-21)36-25(32)17-30-28(33)26-27(35-20(3)31)24(34-4)12-13-29-26/h5-14,23H,15-17H2,1-4H3,(H,30,33). The third kappa shape index (κ3) is 7.40. The van der Waals surface area contributed by atoms with Crippen molar-refractivity contribution in [2.45, 2.75) is 39.7 Å². The van der Waals surface area contributed by atoms with Gasteiger partial charge in [-0.15, -0.1) is 0 Å². The van der Waals surface area contributed by atoms with Crippen LogP contribution in [0.25, 0.3) is 0 Å². The molecule has 8 nitrogen and oxygen atoms in total. The lowest BCUT2D eigenvalue weighted by Crippen LogP contribution is -2.34. The predicted molar refractivity (Wildman–Crippen MR) is 134 cm³/mol. The lowest BCUT2D eigenvalue weighted by molar-refractivity contribution is -0.147. The molecule has 1 N–H and O–H groups in total. The Hall–Kier alpha value is -4.20. The topological polar surface area (TPSA) is 104 Å². The maximum absolute atomic E-state index is 12.7. The number of hydrogen-bond donors (Lipinski definition) is 1. The molecule has 1 heterocycles. The van der Waals surface area contributed by atoms with Gasteiger partial charge in [0.1, 0.15) is 12.6 Å². The molecule has 0 spiro atoms. The fraction of sp³-hybridized carbons (Fsp3) is 0.286. The van der Waals surface area contributed by atoms with E-state index in [0.29, 0.717) is 12.8 Å². The van der Waals surface area contributed by atoms with Crippen LogP contribution in [0.5, 0.6) is 11.5 Å². The van der Waals surface area contributed by atoms with Crippen LogP contribution >= 0.6 is 0 Å². The SMILES string of the molecule is COc1ccnc(C(=O)NCC(=O)OC(Cc2ccccc2)Cc2ccc(C)cc2C)c1OC(C)=O. The number of amides is 1. The number of rotatable bonds is 10. The van der Waals surface area contributed by atoms with Crippen molar-refractivity contribution in [2.75, 3.05) is 13.7 Å². The lowest BCUT2D eigenvalue weighted by Gasteiger charge is -2.20. The summed E-state index contributed by atoms with van der Waals surface area (Å²) in [7, 11) is 1.38. The molecule has 0 aliphatic heterocycles. The number of hydrogen-bond acceptors (Lipinski definition) is 7. The number of benzene rings is 2. The number of pyridine rings is 1. The molecule has 1 unspecified atom stereocenters. The zero-order valence-electron chi connectivity index (χ0n) is 20.9. The molecule has 8 heteroatoms. The molecule has 1 amide bonds. The van der Waals surface area contributed by atoms with Gasteiger partial charge in [0, 0.05) is 32.0 Å². The summed E-state index contributed by atoms with van der Waals surface area (Å²) in [6, 6.07) is 17.4. The van der Waals surface area contributed by atoms with Gasteiger partial charge in [0.2, 0.25) is 5.75 Å². The van der Waals surface area contributed by atoms with Crippen LogP contribution in [0.4, 0.5) is 0 Å². The number of aromatic nitrogens is 1. The van der Waals surface area contributed by atoms with Crippen LogP contribution in [-0.2, 0) is 27.2 Å². The minimum Gasteiger partial charge on any atom is -0.493 e. The van der Waals surface area contributed by atoms with E-state index in [1.807, 2.05) is 56.3 Å². The summed E-state index contributed by atoms with van der Waals surface area (Å²) in [6.45, 7) is 4.89. The molecule has 3 aromatic rings. The number of nitrogens with one attached hydrogen (secondary N) is 1. The van der Waals surface area contributed by atoms with Crippen molar-refractivity contribution in [3.05, 3.63) is 88.7 Å². The first-order valence-electron chi connectivity index (χ1n) is 11.6. The van der Waals surface area contributed by atoms with E-state index in [9.17, 15) is 14.4 Å². The molecule has 0 bridgehead atoms. The highest BCUT2D eigenvalue weighted by Crippen LogP contribution is 2.29. The quantitative estimate of drug-likeness (QED) is 0.432. The zero-order chi connectivity index (χ0) is 26.1. The summed E-state index contributed by atoms with van der Waals surface area (Å²) in [5.41, 5.74) is 4.24. The van der Waals surface area contributed by atoms with Gasteiger partial charge in [-0.3, -0.25) is 14.4 Å². The molecule has 0 aliphatic carbocycles. The van der Waals surface area contributed by atoms with E-state index in [2.05, 4.69) is 16.4 Å². The van der Waals surface area contributed by atoms with Gasteiger partial charge >= 0.3 is 11.9 Å². The van der Waals surface area contributed by atoms with Gasteiger partial charge in [0.25, 0.3) is 5.91 Å². The molecule has 0 saturated heterocycles. The Morgan fingerprint density at radius 3 is 2.42 bits per heavy atom. The van der Waals surface area contributed by atoms with Crippen LogP contribution < -0.4 is 14.8 Å². The van der Waals surface area contributed by atoms with Crippen molar-refractivity contribution < 1.29 is 28.6 Å². The molecular formula is C28H30N2O6. The fourth-order valence-electron chi connectivity index (χ4n) is 3.81. The number of esters is 2. The maximum atomic E-state index is 12.7. The Balaban J connectivity index is 1.70. The van der Waals surface area contributed by atoms with Crippen molar-refractivity contribution >= 4 is 17.8 Å². The zero-order valence-corrected chi connectivity index (χ0v) is 20.9. The third-order valence-corrected chi connectivity index (χ3v) is 5.49. The Labute approximate surface area is 210 Å². The van der Waals surface area contributed by atoms with Crippen LogP contribution in [0.1, 0.15) is 39.7 Å². The number of methoxy groups -OCH3 is 1. The Kier molecular flexibility index (Phi) is 9.16. The van der Waals surface area contributed by atoms with Gasteiger partial charge < -0.3 is 19.5 Å². The molecule has 0 fully saturated rings. The second-order valence-corrected chi connectivity index (χ2v) is 8.40. The van der Waals surface area contributed by atoms with Crippen molar-refractivity contribution in [2.24, 2.45) is 0 Å². The van der Waals surface area contributed by atoms with E-state index in [4.69, 9.17) is 14.2 Å². The van der Waals surface area contributed by atoms with Crippen LogP contribution in [0.15, 0.2) is 60.8 Å². The number of aryl methyl sites for hydroxylation is 2. The van der Waals surface area contributed by atoms with Gasteiger partial charge in [0.15, 0.2) is 11.4 Å². The third-order valence-electron chi connectivity index (χ3n) is 5.49. The average molecular weight is 491 g/mol. The van der Waals surface area contributed by atoms with Crippen molar-refractivity contribution in [3.63, 3.8) is 0 Å². The van der Waals surface area contributed by atoms with E-state index >= 15 is 0 Å². The summed E-state index contributed by atoms with van der Waals surface area (Å²) < 4.78 is 16.1. The highest BCUT2D eigenvalue weighted by molar-refractivity contribution is 5.98. The molecule has 2 aromatic carbocycles. The molecule has 188 valence electrons. The van der Waals surface area contributed by atoms with E-state index in [-0.39, 0.29) is 23.7 Å². The highest BCUT2D eigenvalue weighted by Gasteiger charge is 2.22. The number of carbonyl (C=O) groups excluding carboxylic acids is 3.